The van der Waals surface area contributed by atoms with Crippen LogP contribution in [0.1, 0.15) is 19.8 Å². The van der Waals surface area contributed by atoms with Gasteiger partial charge in [0.05, 0.1) is 13.2 Å². The summed E-state index contributed by atoms with van der Waals surface area (Å²) in [5.74, 6) is -0.218. The van der Waals surface area contributed by atoms with Gasteiger partial charge in [-0.05, 0) is 6.92 Å². The van der Waals surface area contributed by atoms with Crippen molar-refractivity contribution in [3.8, 4) is 0 Å². The topological polar surface area (TPSA) is 30.5 Å². The molecule has 2 aliphatic heterocycles. The van der Waals surface area contributed by atoms with E-state index in [1.165, 1.54) is 0 Å². The molecule has 2 fully saturated rings. The number of hydrogen-bond acceptors (Lipinski definition) is 3. The molecule has 0 aromatic carbocycles. The second-order valence-electron chi connectivity index (χ2n) is 3.42. The summed E-state index contributed by atoms with van der Waals surface area (Å²) < 4.78 is 11.2. The van der Waals surface area contributed by atoms with Gasteiger partial charge in [-0.3, -0.25) is 0 Å². The second kappa shape index (κ2) is 2.73. The minimum Gasteiger partial charge on any atom is -0.347 e. The third-order valence-electron chi connectivity index (χ3n) is 2.43. The Morgan fingerprint density at radius 3 is 2.73 bits per heavy atom. The lowest BCUT2D eigenvalue weighted by Crippen LogP contribution is -2.47. The van der Waals surface area contributed by atoms with Gasteiger partial charge in [0.2, 0.25) is 0 Å². The Labute approximate surface area is 67.1 Å². The lowest BCUT2D eigenvalue weighted by molar-refractivity contribution is -0.178. The molecule has 0 aliphatic carbocycles. The van der Waals surface area contributed by atoms with E-state index in [2.05, 4.69) is 12.2 Å². The van der Waals surface area contributed by atoms with Crippen LogP contribution in [-0.2, 0) is 9.47 Å². The van der Waals surface area contributed by atoms with E-state index in [1.807, 2.05) is 0 Å². The van der Waals surface area contributed by atoms with E-state index < -0.39 is 0 Å². The van der Waals surface area contributed by atoms with E-state index in [4.69, 9.17) is 9.47 Å². The summed E-state index contributed by atoms with van der Waals surface area (Å²) in [7, 11) is 0. The molecule has 0 radical (unpaired) electrons. The van der Waals surface area contributed by atoms with Crippen LogP contribution in [0.4, 0.5) is 0 Å². The van der Waals surface area contributed by atoms with Crippen LogP contribution in [0.25, 0.3) is 0 Å². The Kier molecular flexibility index (Phi) is 1.87. The fourth-order valence-corrected chi connectivity index (χ4v) is 1.91. The van der Waals surface area contributed by atoms with Crippen LogP contribution in [-0.4, -0.2) is 31.6 Å². The zero-order valence-electron chi connectivity index (χ0n) is 6.93. The van der Waals surface area contributed by atoms with Gasteiger partial charge in [0.25, 0.3) is 0 Å². The highest BCUT2D eigenvalue weighted by molar-refractivity contribution is 4.84. The van der Waals surface area contributed by atoms with E-state index in [0.717, 1.165) is 32.6 Å². The summed E-state index contributed by atoms with van der Waals surface area (Å²) in [5, 5.41) is 3.37. The van der Waals surface area contributed by atoms with E-state index >= 15 is 0 Å². The van der Waals surface area contributed by atoms with Gasteiger partial charge in [0.15, 0.2) is 5.79 Å². The molecule has 2 rings (SSSR count). The molecule has 64 valence electrons. The maximum atomic E-state index is 5.59. The molecule has 0 aromatic heterocycles. The van der Waals surface area contributed by atoms with Crippen LogP contribution in [0.3, 0.4) is 0 Å². The van der Waals surface area contributed by atoms with Crippen LogP contribution >= 0.6 is 0 Å². The monoisotopic (exact) mass is 157 g/mol. The standard InChI is InChI=1S/C8H15NO2/c1-7-6-8(2-3-9-7)10-4-5-11-8/h7,9H,2-6H2,1H3/t7-/m0/s1. The largest absolute Gasteiger partial charge is 0.347 e. The molecule has 2 heterocycles. The Balaban J connectivity index is 2.00. The van der Waals surface area contributed by atoms with Crippen molar-refractivity contribution in [2.24, 2.45) is 0 Å². The van der Waals surface area contributed by atoms with E-state index in [1.54, 1.807) is 0 Å². The van der Waals surface area contributed by atoms with Gasteiger partial charge in [-0.2, -0.15) is 0 Å². The molecule has 0 unspecified atom stereocenters. The van der Waals surface area contributed by atoms with Crippen molar-refractivity contribution in [1.29, 1.82) is 0 Å². The zero-order valence-corrected chi connectivity index (χ0v) is 6.93. The van der Waals surface area contributed by atoms with E-state index in [0.29, 0.717) is 6.04 Å². The summed E-state index contributed by atoms with van der Waals surface area (Å²) in [4.78, 5) is 0. The van der Waals surface area contributed by atoms with Gasteiger partial charge >= 0.3 is 0 Å². The molecule has 1 spiro atoms. The van der Waals surface area contributed by atoms with Crippen molar-refractivity contribution in [2.45, 2.75) is 31.6 Å². The molecule has 2 saturated heterocycles. The Hall–Kier alpha value is -0.120. The minimum atomic E-state index is -0.218. The summed E-state index contributed by atoms with van der Waals surface area (Å²) >= 11 is 0. The number of rotatable bonds is 0. The second-order valence-corrected chi connectivity index (χ2v) is 3.42. The van der Waals surface area contributed by atoms with Crippen LogP contribution in [0, 0.1) is 0 Å². The molecule has 11 heavy (non-hydrogen) atoms. The predicted molar refractivity (Wildman–Crippen MR) is 41.3 cm³/mol. The molecule has 3 nitrogen and oxygen atoms in total. The molecule has 3 heteroatoms. The fourth-order valence-electron chi connectivity index (χ4n) is 1.91. The van der Waals surface area contributed by atoms with Gasteiger partial charge in [0.1, 0.15) is 0 Å². The number of nitrogens with one attached hydrogen (secondary N) is 1. The SMILES string of the molecule is C[C@H]1CC2(CCN1)OCCO2. The molecule has 0 amide bonds. The first-order valence-corrected chi connectivity index (χ1v) is 4.32. The molecular weight excluding hydrogens is 142 g/mol. The maximum Gasteiger partial charge on any atom is 0.171 e. The molecular formula is C8H15NO2. The first-order valence-electron chi connectivity index (χ1n) is 4.32. The number of hydrogen-bond donors (Lipinski definition) is 1. The van der Waals surface area contributed by atoms with Crippen molar-refractivity contribution in [2.75, 3.05) is 19.8 Å². The summed E-state index contributed by atoms with van der Waals surface area (Å²) in [5.41, 5.74) is 0. The summed E-state index contributed by atoms with van der Waals surface area (Å²) in [6.45, 7) is 4.73. The van der Waals surface area contributed by atoms with Gasteiger partial charge in [-0.15, -0.1) is 0 Å². The number of piperidine rings is 1. The highest BCUT2D eigenvalue weighted by Gasteiger charge is 2.39. The van der Waals surface area contributed by atoms with Crippen molar-refractivity contribution in [1.82, 2.24) is 5.32 Å². The third kappa shape index (κ3) is 1.41. The minimum absolute atomic E-state index is 0.218. The Morgan fingerprint density at radius 2 is 2.09 bits per heavy atom. The zero-order chi connectivity index (χ0) is 7.73. The lowest BCUT2D eigenvalue weighted by Gasteiger charge is -2.35. The molecule has 2 aliphatic rings. The predicted octanol–water partition coefficient (Wildman–Crippen LogP) is 0.501. The van der Waals surface area contributed by atoms with E-state index in [-0.39, 0.29) is 5.79 Å². The quantitative estimate of drug-likeness (QED) is 0.555. The van der Waals surface area contributed by atoms with Crippen LogP contribution in [0.2, 0.25) is 0 Å². The average molecular weight is 157 g/mol. The fraction of sp³-hybridized carbons (Fsp3) is 1.00. The average Bonchev–Trinajstić information content (AvgIpc) is 2.37. The van der Waals surface area contributed by atoms with Crippen LogP contribution in [0.15, 0.2) is 0 Å². The maximum absolute atomic E-state index is 5.59. The third-order valence-corrected chi connectivity index (χ3v) is 2.43. The first-order chi connectivity index (χ1) is 5.31. The van der Waals surface area contributed by atoms with Crippen molar-refractivity contribution >= 4 is 0 Å². The van der Waals surface area contributed by atoms with Gasteiger partial charge < -0.3 is 14.8 Å². The molecule has 1 atom stereocenters. The van der Waals surface area contributed by atoms with Gasteiger partial charge in [0, 0.05) is 25.4 Å². The van der Waals surface area contributed by atoms with Gasteiger partial charge in [-0.1, -0.05) is 0 Å². The molecule has 0 bridgehead atoms. The summed E-state index contributed by atoms with van der Waals surface area (Å²) in [6, 6.07) is 0.529. The van der Waals surface area contributed by atoms with Crippen LogP contribution in [0.5, 0.6) is 0 Å². The van der Waals surface area contributed by atoms with Crippen molar-refractivity contribution in [3.05, 3.63) is 0 Å². The Morgan fingerprint density at radius 1 is 1.36 bits per heavy atom. The molecule has 1 N–H and O–H groups in total. The number of ether oxygens (including phenoxy) is 2. The van der Waals surface area contributed by atoms with E-state index in [9.17, 15) is 0 Å². The highest BCUT2D eigenvalue weighted by atomic mass is 16.7. The van der Waals surface area contributed by atoms with Crippen LogP contribution < -0.4 is 5.32 Å². The molecule has 0 aromatic rings. The lowest BCUT2D eigenvalue weighted by atomic mass is 9.99. The highest BCUT2D eigenvalue weighted by Crippen LogP contribution is 2.30. The summed E-state index contributed by atoms with van der Waals surface area (Å²) in [6.07, 6.45) is 1.99. The normalized spacial score (nSPS) is 36.3. The Bertz CT molecular complexity index is 143. The molecule has 0 saturated carbocycles. The van der Waals surface area contributed by atoms with Gasteiger partial charge in [-0.25, -0.2) is 0 Å². The first kappa shape index (κ1) is 7.53. The van der Waals surface area contributed by atoms with Crippen molar-refractivity contribution < 1.29 is 9.47 Å². The van der Waals surface area contributed by atoms with Crippen molar-refractivity contribution in [3.63, 3.8) is 0 Å². The smallest absolute Gasteiger partial charge is 0.171 e.